The molecule has 0 unspecified atom stereocenters. The Morgan fingerprint density at radius 1 is 1.03 bits per heavy atom. The predicted molar refractivity (Wildman–Crippen MR) is 120 cm³/mol. The number of urea groups is 1. The van der Waals surface area contributed by atoms with E-state index in [1.54, 1.807) is 38.1 Å². The molecule has 33 heavy (non-hydrogen) atoms. The van der Waals surface area contributed by atoms with Crippen molar-refractivity contribution >= 4 is 29.6 Å². The van der Waals surface area contributed by atoms with Gasteiger partial charge in [0.15, 0.2) is 6.10 Å². The molecular formula is C21H33N5O7. The van der Waals surface area contributed by atoms with Gasteiger partial charge < -0.3 is 41.6 Å². The van der Waals surface area contributed by atoms with Gasteiger partial charge in [-0.15, -0.1) is 0 Å². The number of carbonyl (C=O) groups excluding carboxylic acids is 4. The maximum absolute atomic E-state index is 12.9. The van der Waals surface area contributed by atoms with Gasteiger partial charge in [0, 0.05) is 19.3 Å². The van der Waals surface area contributed by atoms with Crippen molar-refractivity contribution in [2.45, 2.75) is 45.4 Å². The first-order chi connectivity index (χ1) is 15.6. The Balaban J connectivity index is 2.84. The lowest BCUT2D eigenvalue weighted by Crippen LogP contribution is -2.50. The van der Waals surface area contributed by atoms with E-state index in [0.29, 0.717) is 18.7 Å². The lowest BCUT2D eigenvalue weighted by molar-refractivity contribution is -0.134. The highest BCUT2D eigenvalue weighted by Gasteiger charge is 2.30. The molecule has 7 N–H and O–H groups in total. The molecule has 0 aliphatic rings. The molecule has 1 aromatic carbocycles. The molecule has 2 atom stereocenters. The second kappa shape index (κ2) is 14.6. The van der Waals surface area contributed by atoms with Gasteiger partial charge in [-0.2, -0.15) is 0 Å². The van der Waals surface area contributed by atoms with E-state index in [1.165, 1.54) is 7.11 Å². The van der Waals surface area contributed by atoms with Crippen LogP contribution in [0.25, 0.3) is 0 Å². The van der Waals surface area contributed by atoms with Crippen molar-refractivity contribution in [3.05, 3.63) is 29.8 Å². The number of benzene rings is 1. The maximum Gasteiger partial charge on any atom is 0.405 e. The van der Waals surface area contributed by atoms with E-state index in [2.05, 4.69) is 16.0 Å². The molecule has 0 aliphatic heterocycles. The third kappa shape index (κ3) is 11.2. The normalized spacial score (nSPS) is 12.5. The van der Waals surface area contributed by atoms with Crippen molar-refractivity contribution < 1.29 is 33.4 Å². The van der Waals surface area contributed by atoms with Crippen molar-refractivity contribution in [2.24, 2.45) is 17.4 Å². The summed E-state index contributed by atoms with van der Waals surface area (Å²) in [6.07, 6.45) is -1.69. The number of nitrogens with one attached hydrogen (secondary N) is 3. The summed E-state index contributed by atoms with van der Waals surface area (Å²) in [5.41, 5.74) is 11.5. The Labute approximate surface area is 192 Å². The summed E-state index contributed by atoms with van der Waals surface area (Å²) >= 11 is 0. The van der Waals surface area contributed by atoms with Crippen LogP contribution in [-0.2, 0) is 30.4 Å². The van der Waals surface area contributed by atoms with Gasteiger partial charge in [0.25, 0.3) is 5.91 Å². The SMILES string of the molecule is COCOCc1ccc(NC(=O)[C@H](CCCNC(N)=O)NC(=O)[C@@H](OC(N)=O)C(C)C)cc1. The summed E-state index contributed by atoms with van der Waals surface area (Å²) in [5, 5.41) is 7.76. The maximum atomic E-state index is 12.9. The van der Waals surface area contributed by atoms with Crippen LogP contribution in [0.5, 0.6) is 0 Å². The predicted octanol–water partition coefficient (Wildman–Crippen LogP) is 0.799. The van der Waals surface area contributed by atoms with Crippen molar-refractivity contribution in [3.8, 4) is 0 Å². The van der Waals surface area contributed by atoms with Crippen LogP contribution >= 0.6 is 0 Å². The van der Waals surface area contributed by atoms with Crippen LogP contribution in [0.1, 0.15) is 32.3 Å². The van der Waals surface area contributed by atoms with Gasteiger partial charge in [-0.1, -0.05) is 26.0 Å². The summed E-state index contributed by atoms with van der Waals surface area (Å²) < 4.78 is 15.0. The number of rotatable bonds is 14. The standard InChI is InChI=1S/C21H33N5O7/c1-13(2)17(33-21(23)30)19(28)26-16(5-4-10-24-20(22)29)18(27)25-15-8-6-14(7-9-15)11-32-12-31-3/h6-9,13,16-17H,4-5,10-12H2,1-3H3,(H2,23,30)(H,25,27)(H,26,28)(H3,22,24,29)/t16-,17-/m0/s1. The molecule has 5 amide bonds. The Kier molecular flexibility index (Phi) is 12.3. The molecule has 0 saturated heterocycles. The second-order valence-electron chi connectivity index (χ2n) is 7.54. The fraction of sp³-hybridized carbons (Fsp3) is 0.524. The van der Waals surface area contributed by atoms with Crippen molar-refractivity contribution in [1.29, 1.82) is 0 Å². The van der Waals surface area contributed by atoms with Crippen LogP contribution in [0.4, 0.5) is 15.3 Å². The molecule has 0 aromatic heterocycles. The summed E-state index contributed by atoms with van der Waals surface area (Å²) in [5.74, 6) is -1.50. The molecule has 0 spiro atoms. The highest BCUT2D eigenvalue weighted by Crippen LogP contribution is 2.13. The minimum absolute atomic E-state index is 0.168. The van der Waals surface area contributed by atoms with Crippen LogP contribution < -0.4 is 27.4 Å². The lowest BCUT2D eigenvalue weighted by atomic mass is 10.0. The molecule has 12 heteroatoms. The van der Waals surface area contributed by atoms with Gasteiger partial charge in [-0.3, -0.25) is 9.59 Å². The highest BCUT2D eigenvalue weighted by molar-refractivity contribution is 5.98. The monoisotopic (exact) mass is 467 g/mol. The summed E-state index contributed by atoms with van der Waals surface area (Å²) in [6.45, 7) is 4.09. The van der Waals surface area contributed by atoms with E-state index in [4.69, 9.17) is 25.7 Å². The zero-order valence-corrected chi connectivity index (χ0v) is 19.1. The fourth-order valence-electron chi connectivity index (χ4n) is 2.81. The number of carbonyl (C=O) groups is 4. The van der Waals surface area contributed by atoms with Gasteiger partial charge in [0.2, 0.25) is 5.91 Å². The van der Waals surface area contributed by atoms with Crippen molar-refractivity contribution in [1.82, 2.24) is 10.6 Å². The van der Waals surface area contributed by atoms with Crippen molar-refractivity contribution in [3.63, 3.8) is 0 Å². The lowest BCUT2D eigenvalue weighted by Gasteiger charge is -2.24. The first kappa shape index (κ1) is 27.7. The molecule has 0 aliphatic carbocycles. The summed E-state index contributed by atoms with van der Waals surface area (Å²) in [4.78, 5) is 47.5. The molecule has 0 radical (unpaired) electrons. The average molecular weight is 468 g/mol. The Bertz CT molecular complexity index is 786. The van der Waals surface area contributed by atoms with E-state index in [0.717, 1.165) is 5.56 Å². The number of nitrogens with two attached hydrogens (primary N) is 2. The number of ether oxygens (including phenoxy) is 3. The first-order valence-corrected chi connectivity index (χ1v) is 10.4. The third-order valence-electron chi connectivity index (χ3n) is 4.40. The number of methoxy groups -OCH3 is 1. The van der Waals surface area contributed by atoms with Crippen molar-refractivity contribution in [2.75, 3.05) is 25.8 Å². The second-order valence-corrected chi connectivity index (χ2v) is 7.54. The van der Waals surface area contributed by atoms with Crippen LogP contribution in [-0.4, -0.2) is 56.5 Å². The first-order valence-electron chi connectivity index (χ1n) is 10.4. The van der Waals surface area contributed by atoms with E-state index >= 15 is 0 Å². The topological polar surface area (TPSA) is 184 Å². The quantitative estimate of drug-likeness (QED) is 0.198. The van der Waals surface area contributed by atoms with E-state index in [9.17, 15) is 19.2 Å². The number of hydrogen-bond donors (Lipinski definition) is 5. The van der Waals surface area contributed by atoms with Crippen LogP contribution in [0.2, 0.25) is 0 Å². The number of amides is 5. The van der Waals surface area contributed by atoms with E-state index in [-0.39, 0.29) is 25.7 Å². The Hall–Kier alpha value is -3.38. The van der Waals surface area contributed by atoms with Crippen LogP contribution in [0.15, 0.2) is 24.3 Å². The average Bonchev–Trinajstić information content (AvgIpc) is 2.74. The minimum atomic E-state index is -1.16. The molecule has 1 aromatic rings. The van der Waals surface area contributed by atoms with Crippen LogP contribution in [0, 0.1) is 5.92 Å². The third-order valence-corrected chi connectivity index (χ3v) is 4.40. The highest BCUT2D eigenvalue weighted by atomic mass is 16.7. The molecule has 0 fully saturated rings. The van der Waals surface area contributed by atoms with Gasteiger partial charge in [0.05, 0.1) is 6.61 Å². The number of anilines is 1. The zero-order chi connectivity index (χ0) is 24.8. The van der Waals surface area contributed by atoms with Gasteiger partial charge >= 0.3 is 12.1 Å². The largest absolute Gasteiger partial charge is 0.436 e. The Morgan fingerprint density at radius 2 is 1.70 bits per heavy atom. The Morgan fingerprint density at radius 3 is 2.24 bits per heavy atom. The van der Waals surface area contributed by atoms with Gasteiger partial charge in [-0.25, -0.2) is 9.59 Å². The minimum Gasteiger partial charge on any atom is -0.436 e. The number of primary amides is 2. The summed E-state index contributed by atoms with van der Waals surface area (Å²) in [6, 6.07) is 5.31. The van der Waals surface area contributed by atoms with Gasteiger partial charge in [0.1, 0.15) is 12.8 Å². The molecule has 1 rings (SSSR count). The number of hydrogen-bond acceptors (Lipinski definition) is 7. The fourth-order valence-corrected chi connectivity index (χ4v) is 2.81. The summed E-state index contributed by atoms with van der Waals surface area (Å²) in [7, 11) is 1.53. The molecule has 0 saturated carbocycles. The zero-order valence-electron chi connectivity index (χ0n) is 19.1. The van der Waals surface area contributed by atoms with E-state index < -0.39 is 36.1 Å². The molecule has 0 bridgehead atoms. The molecule has 0 heterocycles. The van der Waals surface area contributed by atoms with Crippen LogP contribution in [0.3, 0.4) is 0 Å². The molecular weight excluding hydrogens is 434 g/mol. The van der Waals surface area contributed by atoms with Gasteiger partial charge in [-0.05, 0) is 36.5 Å². The smallest absolute Gasteiger partial charge is 0.405 e. The van der Waals surface area contributed by atoms with E-state index in [1.807, 2.05) is 0 Å². The molecule has 12 nitrogen and oxygen atoms in total. The molecule has 184 valence electrons.